The number of pyridine rings is 1. The van der Waals surface area contributed by atoms with Crippen LogP contribution >= 0.6 is 0 Å². The maximum atomic E-state index is 12.6. The summed E-state index contributed by atoms with van der Waals surface area (Å²) in [4.78, 5) is 27.8. The van der Waals surface area contributed by atoms with Gasteiger partial charge in [-0.1, -0.05) is 0 Å². The molecule has 1 aromatic heterocycles. The number of aromatic hydroxyl groups is 1. The van der Waals surface area contributed by atoms with Crippen LogP contribution < -0.4 is 5.32 Å². The van der Waals surface area contributed by atoms with E-state index in [1.54, 1.807) is 0 Å². The van der Waals surface area contributed by atoms with Gasteiger partial charge in [-0.3, -0.25) is 9.59 Å². The van der Waals surface area contributed by atoms with Crippen LogP contribution in [0, 0.1) is 0 Å². The minimum absolute atomic E-state index is 0.00421. The Morgan fingerprint density at radius 1 is 1.45 bits per heavy atom. The van der Waals surface area contributed by atoms with E-state index in [2.05, 4.69) is 10.3 Å². The predicted octanol–water partition coefficient (Wildman–Crippen LogP) is 0.385. The van der Waals surface area contributed by atoms with E-state index in [0.29, 0.717) is 0 Å². The van der Waals surface area contributed by atoms with E-state index in [-0.39, 0.29) is 24.4 Å². The molecule has 2 amide bonds. The molecule has 1 aliphatic heterocycles. The molecule has 1 aromatic rings. The van der Waals surface area contributed by atoms with Gasteiger partial charge in [-0.15, -0.1) is 0 Å². The molecular formula is C12H13F2N3O3. The average molecular weight is 285 g/mol. The Balaban J connectivity index is 1.75. The Kier molecular flexibility index (Phi) is 3.82. The van der Waals surface area contributed by atoms with E-state index < -0.39 is 30.8 Å². The van der Waals surface area contributed by atoms with Crippen LogP contribution in [-0.2, 0) is 4.79 Å². The molecule has 0 atom stereocenters. The highest BCUT2D eigenvalue weighted by Crippen LogP contribution is 2.26. The molecule has 1 aliphatic rings. The molecule has 0 spiro atoms. The third-order valence-electron chi connectivity index (χ3n) is 2.82. The van der Waals surface area contributed by atoms with Gasteiger partial charge < -0.3 is 15.3 Å². The van der Waals surface area contributed by atoms with Crippen molar-refractivity contribution in [3.63, 3.8) is 0 Å². The lowest BCUT2D eigenvalue weighted by molar-refractivity contribution is -0.165. The number of rotatable bonds is 4. The fourth-order valence-electron chi connectivity index (χ4n) is 1.79. The normalized spacial score (nSPS) is 16.4. The molecule has 2 rings (SSSR count). The minimum Gasteiger partial charge on any atom is -0.505 e. The van der Waals surface area contributed by atoms with E-state index in [0.717, 1.165) is 4.90 Å². The van der Waals surface area contributed by atoms with E-state index in [1.807, 2.05) is 0 Å². The van der Waals surface area contributed by atoms with Crippen molar-refractivity contribution in [3.8, 4) is 5.75 Å². The first kappa shape index (κ1) is 14.2. The fourth-order valence-corrected chi connectivity index (χ4v) is 1.79. The molecule has 1 fully saturated rings. The SMILES string of the molecule is O=C(NCCC(=O)N1CC(F)(F)C1)c1ncccc1O. The molecule has 20 heavy (non-hydrogen) atoms. The van der Waals surface area contributed by atoms with Gasteiger partial charge in [0.15, 0.2) is 5.69 Å². The number of alkyl halides is 2. The Morgan fingerprint density at radius 3 is 2.75 bits per heavy atom. The zero-order chi connectivity index (χ0) is 14.8. The first-order chi connectivity index (χ1) is 9.39. The first-order valence-corrected chi connectivity index (χ1v) is 5.97. The summed E-state index contributed by atoms with van der Waals surface area (Å²) in [5.41, 5.74) is -0.143. The fraction of sp³-hybridized carbons (Fsp3) is 0.417. The van der Waals surface area contributed by atoms with E-state index >= 15 is 0 Å². The van der Waals surface area contributed by atoms with Gasteiger partial charge in [-0.2, -0.15) is 0 Å². The van der Waals surface area contributed by atoms with E-state index in [4.69, 9.17) is 0 Å². The van der Waals surface area contributed by atoms with Gasteiger partial charge >= 0.3 is 0 Å². The molecule has 0 bridgehead atoms. The molecule has 108 valence electrons. The van der Waals surface area contributed by atoms with Crippen LogP contribution in [-0.4, -0.2) is 52.4 Å². The number of carbonyl (C=O) groups excluding carboxylic acids is 2. The van der Waals surface area contributed by atoms with Gasteiger partial charge in [0.2, 0.25) is 5.91 Å². The summed E-state index contributed by atoms with van der Waals surface area (Å²) in [5, 5.41) is 11.8. The van der Waals surface area contributed by atoms with Crippen molar-refractivity contribution >= 4 is 11.8 Å². The van der Waals surface area contributed by atoms with Crippen molar-refractivity contribution in [2.45, 2.75) is 12.3 Å². The molecule has 0 aliphatic carbocycles. The van der Waals surface area contributed by atoms with E-state index in [9.17, 15) is 23.5 Å². The number of aromatic nitrogens is 1. The van der Waals surface area contributed by atoms with E-state index in [1.165, 1.54) is 18.3 Å². The largest absolute Gasteiger partial charge is 0.505 e. The molecule has 0 unspecified atom stereocenters. The van der Waals surface area contributed by atoms with Crippen LogP contribution in [0.5, 0.6) is 5.75 Å². The molecule has 0 radical (unpaired) electrons. The maximum Gasteiger partial charge on any atom is 0.282 e. The second kappa shape index (κ2) is 5.40. The summed E-state index contributed by atoms with van der Waals surface area (Å²) in [6, 6.07) is 2.79. The van der Waals surface area contributed by atoms with Crippen LogP contribution in [0.2, 0.25) is 0 Å². The lowest BCUT2D eigenvalue weighted by Gasteiger charge is -2.38. The van der Waals surface area contributed by atoms with Crippen molar-refractivity contribution in [2.24, 2.45) is 0 Å². The molecule has 6 nitrogen and oxygen atoms in total. The van der Waals surface area contributed by atoms with Crippen molar-refractivity contribution in [1.29, 1.82) is 0 Å². The Labute approximate surface area is 113 Å². The number of halogens is 2. The number of carbonyl (C=O) groups is 2. The minimum atomic E-state index is -2.79. The first-order valence-electron chi connectivity index (χ1n) is 5.97. The number of amides is 2. The molecular weight excluding hydrogens is 272 g/mol. The van der Waals surface area contributed by atoms with Crippen LogP contribution in [0.3, 0.4) is 0 Å². The Bertz CT molecular complexity index is 528. The number of hydrogen-bond acceptors (Lipinski definition) is 4. The van der Waals surface area contributed by atoms with Gasteiger partial charge in [0.25, 0.3) is 11.8 Å². The number of likely N-dealkylation sites (tertiary alicyclic amines) is 1. The summed E-state index contributed by atoms with van der Waals surface area (Å²) in [5.74, 6) is -4.12. The van der Waals surface area contributed by atoms with Crippen molar-refractivity contribution in [3.05, 3.63) is 24.0 Å². The van der Waals surface area contributed by atoms with Gasteiger partial charge in [-0.25, -0.2) is 13.8 Å². The van der Waals surface area contributed by atoms with Crippen LogP contribution in [0.25, 0.3) is 0 Å². The number of nitrogens with zero attached hydrogens (tertiary/aromatic N) is 2. The standard InChI is InChI=1S/C12H13F2N3O3/c13-12(14)6-17(7-12)9(19)3-5-16-11(20)10-8(18)2-1-4-15-10/h1-2,4,18H,3,5-7H2,(H,16,20). The predicted molar refractivity (Wildman–Crippen MR) is 64.4 cm³/mol. The highest BCUT2D eigenvalue weighted by atomic mass is 19.3. The summed E-state index contributed by atoms with van der Waals surface area (Å²) in [6.07, 6.45) is 1.28. The molecule has 2 heterocycles. The van der Waals surface area contributed by atoms with Gasteiger partial charge in [0.1, 0.15) is 5.75 Å². The quantitative estimate of drug-likeness (QED) is 0.838. The zero-order valence-electron chi connectivity index (χ0n) is 10.5. The molecule has 8 heteroatoms. The van der Waals surface area contributed by atoms with Crippen molar-refractivity contribution in [1.82, 2.24) is 15.2 Å². The summed E-state index contributed by atoms with van der Waals surface area (Å²) < 4.78 is 25.1. The highest BCUT2D eigenvalue weighted by Gasteiger charge is 2.45. The maximum absolute atomic E-state index is 12.6. The van der Waals surface area contributed by atoms with Crippen LogP contribution in [0.4, 0.5) is 8.78 Å². The van der Waals surface area contributed by atoms with Gasteiger partial charge in [-0.05, 0) is 12.1 Å². The highest BCUT2D eigenvalue weighted by molar-refractivity contribution is 5.94. The summed E-state index contributed by atoms with van der Waals surface area (Å²) in [6.45, 7) is -1.14. The number of nitrogens with one attached hydrogen (secondary N) is 1. The van der Waals surface area contributed by atoms with Crippen molar-refractivity contribution in [2.75, 3.05) is 19.6 Å². The third-order valence-corrected chi connectivity index (χ3v) is 2.82. The third kappa shape index (κ3) is 3.19. The van der Waals surface area contributed by atoms with Crippen molar-refractivity contribution < 1.29 is 23.5 Å². The van der Waals surface area contributed by atoms with Gasteiger partial charge in [0.05, 0.1) is 13.1 Å². The van der Waals surface area contributed by atoms with Crippen LogP contribution in [0.15, 0.2) is 18.3 Å². The Morgan fingerprint density at radius 2 is 2.15 bits per heavy atom. The molecule has 2 N–H and O–H groups in total. The second-order valence-corrected chi connectivity index (χ2v) is 4.48. The summed E-state index contributed by atoms with van der Waals surface area (Å²) in [7, 11) is 0. The monoisotopic (exact) mass is 285 g/mol. The number of hydrogen-bond donors (Lipinski definition) is 2. The zero-order valence-corrected chi connectivity index (χ0v) is 10.5. The smallest absolute Gasteiger partial charge is 0.282 e. The van der Waals surface area contributed by atoms with Crippen LogP contribution in [0.1, 0.15) is 16.9 Å². The lowest BCUT2D eigenvalue weighted by atomic mass is 10.1. The molecule has 0 saturated carbocycles. The topological polar surface area (TPSA) is 82.5 Å². The van der Waals surface area contributed by atoms with Gasteiger partial charge in [0, 0.05) is 19.2 Å². The summed E-state index contributed by atoms with van der Waals surface area (Å²) >= 11 is 0. The lowest BCUT2D eigenvalue weighted by Crippen LogP contribution is -2.58. The average Bonchev–Trinajstić information content (AvgIpc) is 2.36. The molecule has 1 saturated heterocycles. The molecule has 0 aromatic carbocycles. The Hall–Kier alpha value is -2.25. The second-order valence-electron chi connectivity index (χ2n) is 4.48.